The Hall–Kier alpha value is -2.86. The van der Waals surface area contributed by atoms with Gasteiger partial charge in [0.05, 0.1) is 5.69 Å². The van der Waals surface area contributed by atoms with E-state index in [2.05, 4.69) is 0 Å². The third kappa shape index (κ3) is 4.96. The fraction of sp³-hybridized carbons (Fsp3) is 0.400. The molecule has 0 spiro atoms. The van der Waals surface area contributed by atoms with Crippen molar-refractivity contribution in [3.8, 4) is 0 Å². The number of aryl methyl sites for hydroxylation is 1. The molecule has 0 fully saturated rings. The predicted octanol–water partition coefficient (Wildman–Crippen LogP) is 4.75. The van der Waals surface area contributed by atoms with E-state index in [0.717, 1.165) is 28.8 Å². The number of rotatable bonds is 9. The maximum absolute atomic E-state index is 12.8. The molecule has 2 aromatic carbocycles. The van der Waals surface area contributed by atoms with E-state index in [1.165, 1.54) is 4.90 Å². The lowest BCUT2D eigenvalue weighted by molar-refractivity contribution is -0.118. The SMILES string of the molecule is O=C(CCCCN(CCc1ccc(Cl)cc1)C(=O)O)c1cc2c3c(c1)CCN3C(=O)CC2. The van der Waals surface area contributed by atoms with Crippen LogP contribution in [0.1, 0.15) is 52.7 Å². The molecule has 0 bridgehead atoms. The van der Waals surface area contributed by atoms with Crippen LogP contribution in [0.4, 0.5) is 10.5 Å². The molecule has 168 valence electrons. The molecule has 0 saturated heterocycles. The van der Waals surface area contributed by atoms with Crippen LogP contribution in [0.5, 0.6) is 0 Å². The summed E-state index contributed by atoms with van der Waals surface area (Å²) in [6.45, 7) is 1.52. The topological polar surface area (TPSA) is 77.9 Å². The zero-order valence-corrected chi connectivity index (χ0v) is 18.7. The number of benzene rings is 2. The number of carbonyl (C=O) groups is 3. The summed E-state index contributed by atoms with van der Waals surface area (Å²) in [5.41, 5.74) is 4.97. The van der Waals surface area contributed by atoms with Gasteiger partial charge in [0.25, 0.3) is 0 Å². The highest BCUT2D eigenvalue weighted by molar-refractivity contribution is 6.30. The molecule has 2 heterocycles. The Bertz CT molecular complexity index is 1030. The molecule has 0 unspecified atom stereocenters. The van der Waals surface area contributed by atoms with Crippen molar-refractivity contribution in [2.45, 2.75) is 44.9 Å². The number of unbranched alkanes of at least 4 members (excludes halogenated alkanes) is 1. The number of anilines is 1. The molecule has 2 aliphatic rings. The van der Waals surface area contributed by atoms with Crippen molar-refractivity contribution in [2.24, 2.45) is 0 Å². The zero-order chi connectivity index (χ0) is 22.7. The summed E-state index contributed by atoms with van der Waals surface area (Å²) in [7, 11) is 0. The van der Waals surface area contributed by atoms with Gasteiger partial charge in [0, 0.05) is 43.1 Å². The second kappa shape index (κ2) is 9.74. The van der Waals surface area contributed by atoms with Gasteiger partial charge in [-0.3, -0.25) is 9.59 Å². The second-order valence-corrected chi connectivity index (χ2v) is 8.90. The van der Waals surface area contributed by atoms with Crippen LogP contribution in [0.25, 0.3) is 0 Å². The van der Waals surface area contributed by atoms with E-state index in [-0.39, 0.29) is 11.7 Å². The minimum absolute atomic E-state index is 0.0856. The van der Waals surface area contributed by atoms with Crippen LogP contribution in [0.3, 0.4) is 0 Å². The summed E-state index contributed by atoms with van der Waals surface area (Å²) in [4.78, 5) is 39.7. The Labute approximate surface area is 192 Å². The summed E-state index contributed by atoms with van der Waals surface area (Å²) < 4.78 is 0. The number of hydrogen-bond donors (Lipinski definition) is 1. The van der Waals surface area contributed by atoms with E-state index in [9.17, 15) is 19.5 Å². The molecule has 2 amide bonds. The maximum Gasteiger partial charge on any atom is 0.407 e. The first-order valence-corrected chi connectivity index (χ1v) is 11.5. The Morgan fingerprint density at radius 3 is 2.44 bits per heavy atom. The van der Waals surface area contributed by atoms with E-state index in [1.807, 2.05) is 29.2 Å². The highest BCUT2D eigenvalue weighted by atomic mass is 35.5. The van der Waals surface area contributed by atoms with Crippen molar-refractivity contribution in [3.63, 3.8) is 0 Å². The van der Waals surface area contributed by atoms with Crippen LogP contribution in [0, 0.1) is 0 Å². The molecule has 0 aromatic heterocycles. The van der Waals surface area contributed by atoms with Gasteiger partial charge >= 0.3 is 6.09 Å². The molecular formula is C25H27ClN2O4. The van der Waals surface area contributed by atoms with E-state index < -0.39 is 6.09 Å². The second-order valence-electron chi connectivity index (χ2n) is 8.46. The zero-order valence-electron chi connectivity index (χ0n) is 18.0. The number of Topliss-reactive ketones (excluding diaryl/α,β-unsaturated/α-hetero) is 1. The van der Waals surface area contributed by atoms with Crippen LogP contribution < -0.4 is 4.90 Å². The molecule has 2 aromatic rings. The number of halogens is 1. The molecule has 1 N–H and O–H groups in total. The number of amides is 2. The summed E-state index contributed by atoms with van der Waals surface area (Å²) in [5, 5.41) is 10.1. The van der Waals surface area contributed by atoms with Gasteiger partial charge in [0.2, 0.25) is 5.91 Å². The average molecular weight is 455 g/mol. The summed E-state index contributed by atoms with van der Waals surface area (Å²) in [5.74, 6) is 0.261. The van der Waals surface area contributed by atoms with Crippen molar-refractivity contribution in [1.82, 2.24) is 4.90 Å². The summed E-state index contributed by atoms with van der Waals surface area (Å²) in [6, 6.07) is 11.3. The van der Waals surface area contributed by atoms with Crippen LogP contribution in [0.15, 0.2) is 36.4 Å². The van der Waals surface area contributed by atoms with Gasteiger partial charge in [-0.15, -0.1) is 0 Å². The van der Waals surface area contributed by atoms with Crippen LogP contribution >= 0.6 is 11.6 Å². The first-order chi connectivity index (χ1) is 15.4. The normalized spacial score (nSPS) is 14.4. The highest BCUT2D eigenvalue weighted by Crippen LogP contribution is 2.37. The number of nitrogens with zero attached hydrogens (tertiary/aromatic N) is 2. The standard InChI is InChI=1S/C25H27ClN2O4/c26-21-7-4-17(5-8-21)10-13-27(25(31)32)12-2-1-3-22(29)20-15-18-6-9-23(30)28-14-11-19(16-20)24(18)28/h4-5,7-8,15-16H,1-3,6,9-14H2,(H,31,32). The number of ketones is 1. The van der Waals surface area contributed by atoms with Crippen molar-refractivity contribution in [3.05, 3.63) is 63.7 Å². The number of carboxylic acid groups (broad SMARTS) is 1. The van der Waals surface area contributed by atoms with Crippen molar-refractivity contribution >= 4 is 35.1 Å². The van der Waals surface area contributed by atoms with Gasteiger partial charge in [0.15, 0.2) is 5.78 Å². The molecule has 7 heteroatoms. The first-order valence-electron chi connectivity index (χ1n) is 11.1. The van der Waals surface area contributed by atoms with Crippen LogP contribution in [0.2, 0.25) is 5.02 Å². The van der Waals surface area contributed by atoms with Crippen molar-refractivity contribution < 1.29 is 19.5 Å². The first kappa shape index (κ1) is 22.3. The monoisotopic (exact) mass is 454 g/mol. The third-order valence-electron chi connectivity index (χ3n) is 6.31. The third-order valence-corrected chi connectivity index (χ3v) is 6.56. The smallest absolute Gasteiger partial charge is 0.407 e. The molecule has 0 atom stereocenters. The van der Waals surface area contributed by atoms with Crippen LogP contribution in [-0.2, 0) is 24.1 Å². The Morgan fingerprint density at radius 2 is 1.72 bits per heavy atom. The predicted molar refractivity (Wildman–Crippen MR) is 124 cm³/mol. The molecular weight excluding hydrogens is 428 g/mol. The lowest BCUT2D eigenvalue weighted by Gasteiger charge is -2.25. The van der Waals surface area contributed by atoms with Gasteiger partial charge in [-0.05, 0) is 73.1 Å². The quantitative estimate of drug-likeness (QED) is 0.438. The lowest BCUT2D eigenvalue weighted by atomic mass is 9.94. The Kier molecular flexibility index (Phi) is 6.80. The van der Waals surface area contributed by atoms with E-state index in [0.29, 0.717) is 68.7 Å². The van der Waals surface area contributed by atoms with Crippen molar-refractivity contribution in [1.29, 1.82) is 0 Å². The molecule has 32 heavy (non-hydrogen) atoms. The maximum atomic E-state index is 12.8. The Morgan fingerprint density at radius 1 is 1.00 bits per heavy atom. The Balaban J connectivity index is 1.27. The highest BCUT2D eigenvalue weighted by Gasteiger charge is 2.31. The average Bonchev–Trinajstić information content (AvgIpc) is 3.22. The van der Waals surface area contributed by atoms with Crippen molar-refractivity contribution in [2.75, 3.05) is 24.5 Å². The minimum atomic E-state index is -0.942. The summed E-state index contributed by atoms with van der Waals surface area (Å²) in [6.07, 6.45) is 3.36. The number of carbonyl (C=O) groups excluding carboxylic acids is 2. The largest absolute Gasteiger partial charge is 0.465 e. The molecule has 0 radical (unpaired) electrons. The molecule has 4 rings (SSSR count). The molecule has 0 aliphatic carbocycles. The fourth-order valence-corrected chi connectivity index (χ4v) is 4.70. The number of hydrogen-bond acceptors (Lipinski definition) is 3. The minimum Gasteiger partial charge on any atom is -0.465 e. The molecule has 0 saturated carbocycles. The van der Waals surface area contributed by atoms with Crippen LogP contribution in [-0.4, -0.2) is 47.4 Å². The van der Waals surface area contributed by atoms with Gasteiger partial charge in [-0.25, -0.2) is 4.79 Å². The van der Waals surface area contributed by atoms with Gasteiger partial charge in [-0.2, -0.15) is 0 Å². The van der Waals surface area contributed by atoms with Gasteiger partial charge in [0.1, 0.15) is 0 Å². The van der Waals surface area contributed by atoms with E-state index >= 15 is 0 Å². The van der Waals surface area contributed by atoms with Gasteiger partial charge in [-0.1, -0.05) is 23.7 Å². The van der Waals surface area contributed by atoms with Gasteiger partial charge < -0.3 is 14.9 Å². The van der Waals surface area contributed by atoms with E-state index in [1.54, 1.807) is 12.1 Å². The summed E-state index contributed by atoms with van der Waals surface area (Å²) >= 11 is 5.89. The lowest BCUT2D eigenvalue weighted by Crippen LogP contribution is -2.33. The fourth-order valence-electron chi connectivity index (χ4n) is 4.57. The van der Waals surface area contributed by atoms with E-state index in [4.69, 9.17) is 11.6 Å². The molecule has 2 aliphatic heterocycles. The molecule has 6 nitrogen and oxygen atoms in total.